The Morgan fingerprint density at radius 1 is 1.35 bits per heavy atom. The van der Waals surface area contributed by atoms with Gasteiger partial charge in [0.2, 0.25) is 0 Å². The molecule has 0 aliphatic carbocycles. The molecule has 2 aromatic rings. The molecule has 0 radical (unpaired) electrons. The van der Waals surface area contributed by atoms with Crippen LogP contribution in [0.5, 0.6) is 0 Å². The molecule has 0 saturated heterocycles. The molecule has 1 aromatic carbocycles. The molecule has 1 aromatic heterocycles. The third-order valence-corrected chi connectivity index (χ3v) is 4.20. The summed E-state index contributed by atoms with van der Waals surface area (Å²) in [5, 5.41) is 13.6. The molecule has 0 spiro atoms. The van der Waals surface area contributed by atoms with Crippen molar-refractivity contribution in [1.82, 2.24) is 14.9 Å². The molecule has 0 bridgehead atoms. The summed E-state index contributed by atoms with van der Waals surface area (Å²) in [5.41, 5.74) is -1.41. The summed E-state index contributed by atoms with van der Waals surface area (Å²) < 4.78 is 63.8. The first kappa shape index (κ1) is 17.0. The summed E-state index contributed by atoms with van der Waals surface area (Å²) in [6.45, 7) is -0.440. The van der Waals surface area contributed by atoms with Gasteiger partial charge in [0.25, 0.3) is 10.0 Å². The predicted molar refractivity (Wildman–Crippen MR) is 71.0 cm³/mol. The van der Waals surface area contributed by atoms with Crippen LogP contribution in [-0.2, 0) is 22.7 Å². The van der Waals surface area contributed by atoms with E-state index < -0.39 is 44.9 Å². The fourth-order valence-corrected chi connectivity index (χ4v) is 2.84. The number of rotatable bonds is 5. The first-order chi connectivity index (χ1) is 10.6. The fourth-order valence-electron chi connectivity index (χ4n) is 1.74. The average Bonchev–Trinajstić information content (AvgIpc) is 2.95. The van der Waals surface area contributed by atoms with E-state index in [-0.39, 0.29) is 5.56 Å². The Labute approximate surface area is 128 Å². The van der Waals surface area contributed by atoms with Gasteiger partial charge in [0.05, 0.1) is 11.8 Å². The maximum absolute atomic E-state index is 12.6. The summed E-state index contributed by atoms with van der Waals surface area (Å²) >= 11 is 0. The highest BCUT2D eigenvalue weighted by Gasteiger charge is 2.30. The number of H-pyrrole nitrogens is 1. The topological polar surface area (TPSA) is 112 Å². The smallest absolute Gasteiger partial charge is 0.416 e. The van der Waals surface area contributed by atoms with Gasteiger partial charge in [0.15, 0.2) is 5.03 Å². The summed E-state index contributed by atoms with van der Waals surface area (Å²) in [7, 11) is -4.27. The Morgan fingerprint density at radius 2 is 2.04 bits per heavy atom. The van der Waals surface area contributed by atoms with E-state index in [4.69, 9.17) is 5.11 Å². The van der Waals surface area contributed by atoms with E-state index in [9.17, 15) is 26.4 Å². The number of aromatic amines is 1. The standard InChI is InChI=1S/C12H10F3N3O4S/c13-12(14,15)8-3-1-2-7(4-8)5-17-23(21,22)10-9(11(19)20)6-16-18-10/h1-4,6,17H,5H2,(H,16,18)(H,19,20). The van der Waals surface area contributed by atoms with Crippen molar-refractivity contribution in [2.45, 2.75) is 17.7 Å². The SMILES string of the molecule is O=C(O)c1cn[nH]c1S(=O)(=O)NCc1cccc(C(F)(F)F)c1. The number of alkyl halides is 3. The van der Waals surface area contributed by atoms with Gasteiger partial charge in [-0.25, -0.2) is 17.9 Å². The average molecular weight is 349 g/mol. The van der Waals surface area contributed by atoms with Crippen LogP contribution in [0.3, 0.4) is 0 Å². The van der Waals surface area contributed by atoms with Crippen molar-refractivity contribution in [3.8, 4) is 0 Å². The zero-order valence-corrected chi connectivity index (χ0v) is 12.1. The van der Waals surface area contributed by atoms with Crippen LogP contribution in [0.1, 0.15) is 21.5 Å². The monoisotopic (exact) mass is 349 g/mol. The van der Waals surface area contributed by atoms with Gasteiger partial charge in [0.1, 0.15) is 5.56 Å². The molecule has 3 N–H and O–H groups in total. The van der Waals surface area contributed by atoms with Crippen molar-refractivity contribution in [2.75, 3.05) is 0 Å². The number of hydrogen-bond acceptors (Lipinski definition) is 4. The lowest BCUT2D eigenvalue weighted by atomic mass is 10.1. The summed E-state index contributed by atoms with van der Waals surface area (Å²) in [5.74, 6) is -1.50. The molecule has 23 heavy (non-hydrogen) atoms. The Balaban J connectivity index is 2.20. The van der Waals surface area contributed by atoms with E-state index in [1.807, 2.05) is 9.82 Å². The van der Waals surface area contributed by atoms with E-state index in [2.05, 4.69) is 5.10 Å². The van der Waals surface area contributed by atoms with Gasteiger partial charge in [-0.1, -0.05) is 18.2 Å². The molecule has 11 heteroatoms. The number of benzene rings is 1. The number of carboxylic acids is 1. The lowest BCUT2D eigenvalue weighted by Gasteiger charge is -2.09. The number of aromatic nitrogens is 2. The number of aromatic carboxylic acids is 1. The summed E-state index contributed by atoms with van der Waals surface area (Å²) in [4.78, 5) is 10.9. The van der Waals surface area contributed by atoms with E-state index in [0.29, 0.717) is 0 Å². The molecule has 1 heterocycles. The van der Waals surface area contributed by atoms with Gasteiger partial charge in [-0.3, -0.25) is 5.10 Å². The van der Waals surface area contributed by atoms with Gasteiger partial charge in [-0.05, 0) is 11.6 Å². The Hall–Kier alpha value is -2.40. The van der Waals surface area contributed by atoms with Crippen molar-refractivity contribution < 1.29 is 31.5 Å². The number of nitrogens with zero attached hydrogens (tertiary/aromatic N) is 1. The summed E-state index contributed by atoms with van der Waals surface area (Å²) in [6, 6.07) is 4.11. The van der Waals surface area contributed by atoms with Gasteiger partial charge >= 0.3 is 12.1 Å². The minimum atomic E-state index is -4.55. The van der Waals surface area contributed by atoms with Gasteiger partial charge in [-0.2, -0.15) is 18.3 Å². The highest BCUT2D eigenvalue weighted by molar-refractivity contribution is 7.89. The number of halogens is 3. The van der Waals surface area contributed by atoms with E-state index in [1.165, 1.54) is 6.07 Å². The molecule has 124 valence electrons. The third kappa shape index (κ3) is 3.87. The van der Waals surface area contributed by atoms with Crippen molar-refractivity contribution in [1.29, 1.82) is 0 Å². The lowest BCUT2D eigenvalue weighted by molar-refractivity contribution is -0.137. The van der Waals surface area contributed by atoms with E-state index >= 15 is 0 Å². The molecule has 0 aliphatic heterocycles. The Kier molecular flexibility index (Phi) is 4.43. The highest BCUT2D eigenvalue weighted by atomic mass is 32.2. The quantitative estimate of drug-likeness (QED) is 0.759. The van der Waals surface area contributed by atoms with Crippen LogP contribution < -0.4 is 4.72 Å². The molecule has 0 saturated carbocycles. The van der Waals surface area contributed by atoms with Crippen LogP contribution in [0.25, 0.3) is 0 Å². The molecule has 0 atom stereocenters. The second-order valence-electron chi connectivity index (χ2n) is 4.44. The third-order valence-electron chi connectivity index (χ3n) is 2.82. The Bertz CT molecular complexity index is 830. The molecule has 2 rings (SSSR count). The van der Waals surface area contributed by atoms with Crippen LogP contribution in [-0.4, -0.2) is 29.7 Å². The van der Waals surface area contributed by atoms with Crippen LogP contribution >= 0.6 is 0 Å². The predicted octanol–water partition coefficient (Wildman–Crippen LogP) is 1.61. The first-order valence-electron chi connectivity index (χ1n) is 6.04. The van der Waals surface area contributed by atoms with E-state index in [0.717, 1.165) is 24.4 Å². The van der Waals surface area contributed by atoms with Crippen molar-refractivity contribution in [2.24, 2.45) is 0 Å². The number of carbonyl (C=O) groups is 1. The zero-order chi connectivity index (χ0) is 17.3. The van der Waals surface area contributed by atoms with Crippen LogP contribution in [0, 0.1) is 0 Å². The molecule has 7 nitrogen and oxygen atoms in total. The maximum atomic E-state index is 12.6. The fraction of sp³-hybridized carbons (Fsp3) is 0.167. The minimum Gasteiger partial charge on any atom is -0.478 e. The normalized spacial score (nSPS) is 12.3. The number of hydrogen-bond donors (Lipinski definition) is 3. The van der Waals surface area contributed by atoms with Crippen LogP contribution in [0.2, 0.25) is 0 Å². The van der Waals surface area contributed by atoms with Gasteiger partial charge in [-0.15, -0.1) is 0 Å². The highest BCUT2D eigenvalue weighted by Crippen LogP contribution is 2.29. The molecule has 0 aliphatic rings. The lowest BCUT2D eigenvalue weighted by Crippen LogP contribution is -2.25. The van der Waals surface area contributed by atoms with Gasteiger partial charge in [0, 0.05) is 6.54 Å². The molecular formula is C12H10F3N3O4S. The largest absolute Gasteiger partial charge is 0.478 e. The van der Waals surface area contributed by atoms with Crippen molar-refractivity contribution >= 4 is 16.0 Å². The number of sulfonamides is 1. The van der Waals surface area contributed by atoms with E-state index in [1.54, 1.807) is 0 Å². The molecule has 0 amide bonds. The second kappa shape index (κ2) is 6.01. The van der Waals surface area contributed by atoms with Crippen molar-refractivity contribution in [3.05, 3.63) is 47.2 Å². The second-order valence-corrected chi connectivity index (χ2v) is 6.14. The maximum Gasteiger partial charge on any atom is 0.416 e. The first-order valence-corrected chi connectivity index (χ1v) is 7.52. The Morgan fingerprint density at radius 3 is 2.65 bits per heavy atom. The van der Waals surface area contributed by atoms with Crippen LogP contribution in [0.4, 0.5) is 13.2 Å². The molecule has 0 unspecified atom stereocenters. The van der Waals surface area contributed by atoms with Crippen molar-refractivity contribution in [3.63, 3.8) is 0 Å². The van der Waals surface area contributed by atoms with Gasteiger partial charge < -0.3 is 5.11 Å². The minimum absolute atomic E-state index is 0.0693. The number of carboxylic acid groups (broad SMARTS) is 1. The zero-order valence-electron chi connectivity index (χ0n) is 11.3. The molecule has 0 fully saturated rings. The molecular weight excluding hydrogens is 339 g/mol. The summed E-state index contributed by atoms with van der Waals surface area (Å²) in [6.07, 6.45) is -3.73. The van der Waals surface area contributed by atoms with Crippen LogP contribution in [0.15, 0.2) is 35.5 Å². The number of nitrogens with one attached hydrogen (secondary N) is 2.